The van der Waals surface area contributed by atoms with Crippen molar-refractivity contribution in [2.75, 3.05) is 26.5 Å². The lowest BCUT2D eigenvalue weighted by atomic mass is 10.1. The Morgan fingerprint density at radius 1 is 1.26 bits per heavy atom. The van der Waals surface area contributed by atoms with E-state index in [0.29, 0.717) is 0 Å². The average molecular weight is 286 g/mol. The minimum absolute atomic E-state index is 0.0954. The number of ether oxygens (including phenoxy) is 1. The summed E-state index contributed by atoms with van der Waals surface area (Å²) in [6.07, 6.45) is 0.212. The zero-order valence-corrected chi connectivity index (χ0v) is 11.8. The van der Waals surface area contributed by atoms with Crippen molar-refractivity contribution in [1.82, 2.24) is 10.0 Å². The van der Waals surface area contributed by atoms with Gasteiger partial charge in [0.05, 0.1) is 19.3 Å². The molecule has 1 aromatic rings. The maximum atomic E-state index is 11.6. The summed E-state index contributed by atoms with van der Waals surface area (Å²) in [4.78, 5) is 11.6. The minimum Gasteiger partial charge on any atom is -0.497 e. The molecule has 0 heterocycles. The molecule has 0 aliphatic carbocycles. The van der Waals surface area contributed by atoms with Crippen molar-refractivity contribution in [1.29, 1.82) is 0 Å². The standard InChI is InChI=1S/C12H18N2O4S/c1-13-19(16,17)8-7-14-12(15)9-10-3-5-11(18-2)6-4-10/h3-6,13H,7-9H2,1-2H3,(H,14,15). The van der Waals surface area contributed by atoms with Gasteiger partial charge in [-0.2, -0.15) is 0 Å². The third-order valence-corrected chi connectivity index (χ3v) is 3.89. The molecule has 1 aromatic carbocycles. The number of nitrogens with one attached hydrogen (secondary N) is 2. The molecule has 0 aliphatic heterocycles. The molecule has 19 heavy (non-hydrogen) atoms. The first kappa shape index (κ1) is 15.5. The third kappa shape index (κ3) is 5.71. The summed E-state index contributed by atoms with van der Waals surface area (Å²) >= 11 is 0. The van der Waals surface area contributed by atoms with E-state index in [-0.39, 0.29) is 24.6 Å². The number of carbonyl (C=O) groups is 1. The zero-order chi connectivity index (χ0) is 14.3. The highest BCUT2D eigenvalue weighted by atomic mass is 32.2. The van der Waals surface area contributed by atoms with Crippen LogP contribution in [0.1, 0.15) is 5.56 Å². The topological polar surface area (TPSA) is 84.5 Å². The maximum Gasteiger partial charge on any atom is 0.224 e. The van der Waals surface area contributed by atoms with E-state index in [0.717, 1.165) is 11.3 Å². The summed E-state index contributed by atoms with van der Waals surface area (Å²) in [7, 11) is -0.363. The van der Waals surface area contributed by atoms with Crippen molar-refractivity contribution in [3.63, 3.8) is 0 Å². The Kier molecular flexibility index (Phi) is 5.78. The van der Waals surface area contributed by atoms with E-state index in [1.807, 2.05) is 0 Å². The number of benzene rings is 1. The Labute approximate surface area is 113 Å². The van der Waals surface area contributed by atoms with Crippen LogP contribution in [0.25, 0.3) is 0 Å². The molecule has 0 bridgehead atoms. The molecule has 7 heteroatoms. The second kappa shape index (κ2) is 7.10. The van der Waals surface area contributed by atoms with Crippen molar-refractivity contribution in [2.45, 2.75) is 6.42 Å². The first-order valence-electron chi connectivity index (χ1n) is 5.77. The van der Waals surface area contributed by atoms with E-state index in [2.05, 4.69) is 10.0 Å². The molecule has 0 spiro atoms. The summed E-state index contributed by atoms with van der Waals surface area (Å²) in [5.41, 5.74) is 0.842. The summed E-state index contributed by atoms with van der Waals surface area (Å²) in [5, 5.41) is 2.56. The Balaban J connectivity index is 2.38. The number of methoxy groups -OCH3 is 1. The van der Waals surface area contributed by atoms with Crippen molar-refractivity contribution in [3.05, 3.63) is 29.8 Å². The molecule has 0 fully saturated rings. The van der Waals surface area contributed by atoms with Crippen molar-refractivity contribution >= 4 is 15.9 Å². The van der Waals surface area contributed by atoms with E-state index in [4.69, 9.17) is 4.74 Å². The van der Waals surface area contributed by atoms with Gasteiger partial charge in [-0.3, -0.25) is 4.79 Å². The Morgan fingerprint density at radius 3 is 2.42 bits per heavy atom. The second-order valence-corrected chi connectivity index (χ2v) is 5.94. The molecule has 1 amide bonds. The number of sulfonamides is 1. The predicted octanol–water partition coefficient (Wildman–Crippen LogP) is -0.0969. The molecule has 0 unspecified atom stereocenters. The van der Waals surface area contributed by atoms with Crippen LogP contribution in [0.4, 0.5) is 0 Å². The van der Waals surface area contributed by atoms with Gasteiger partial charge in [0.15, 0.2) is 0 Å². The first-order valence-corrected chi connectivity index (χ1v) is 7.43. The largest absolute Gasteiger partial charge is 0.497 e. The van der Waals surface area contributed by atoms with Gasteiger partial charge in [-0.15, -0.1) is 0 Å². The van der Waals surface area contributed by atoms with Gasteiger partial charge < -0.3 is 10.1 Å². The maximum absolute atomic E-state index is 11.6. The molecule has 6 nitrogen and oxygen atoms in total. The molecule has 2 N–H and O–H groups in total. The van der Waals surface area contributed by atoms with Crippen LogP contribution in [0.2, 0.25) is 0 Å². The smallest absolute Gasteiger partial charge is 0.224 e. The van der Waals surface area contributed by atoms with E-state index < -0.39 is 10.0 Å². The fraction of sp³-hybridized carbons (Fsp3) is 0.417. The first-order chi connectivity index (χ1) is 8.96. The number of hydrogen-bond acceptors (Lipinski definition) is 4. The molecule has 0 saturated heterocycles. The van der Waals surface area contributed by atoms with Crippen molar-refractivity contribution in [2.24, 2.45) is 0 Å². The minimum atomic E-state index is -3.28. The van der Waals surface area contributed by atoms with Crippen LogP contribution in [0, 0.1) is 0 Å². The van der Waals surface area contributed by atoms with Crippen molar-refractivity contribution < 1.29 is 17.9 Å². The van der Waals surface area contributed by atoms with Gasteiger partial charge in [0.1, 0.15) is 5.75 Å². The summed E-state index contributed by atoms with van der Waals surface area (Å²) < 4.78 is 29.5. The fourth-order valence-corrected chi connectivity index (χ4v) is 1.99. The van der Waals surface area contributed by atoms with Crippen LogP contribution < -0.4 is 14.8 Å². The Morgan fingerprint density at radius 2 is 1.89 bits per heavy atom. The molecular weight excluding hydrogens is 268 g/mol. The van der Waals surface area contributed by atoms with E-state index >= 15 is 0 Å². The normalized spacial score (nSPS) is 11.1. The Bertz CT molecular complexity index is 511. The summed E-state index contributed by atoms with van der Waals surface area (Å²) in [6.45, 7) is 0.0954. The highest BCUT2D eigenvalue weighted by Gasteiger charge is 2.08. The number of hydrogen-bond donors (Lipinski definition) is 2. The molecule has 1 rings (SSSR count). The van der Waals surface area contributed by atoms with Gasteiger partial charge in [-0.1, -0.05) is 12.1 Å². The van der Waals surface area contributed by atoms with E-state index in [1.54, 1.807) is 31.4 Å². The predicted molar refractivity (Wildman–Crippen MR) is 72.6 cm³/mol. The van der Waals surface area contributed by atoms with Gasteiger partial charge in [0, 0.05) is 6.54 Å². The quantitative estimate of drug-likeness (QED) is 0.733. The van der Waals surface area contributed by atoms with Gasteiger partial charge in [0.2, 0.25) is 15.9 Å². The molecule has 0 aromatic heterocycles. The molecule has 0 radical (unpaired) electrons. The van der Waals surface area contributed by atoms with Gasteiger partial charge in [0.25, 0.3) is 0 Å². The van der Waals surface area contributed by atoms with Crippen LogP contribution in [0.15, 0.2) is 24.3 Å². The van der Waals surface area contributed by atoms with E-state index in [1.165, 1.54) is 7.05 Å². The highest BCUT2D eigenvalue weighted by molar-refractivity contribution is 7.89. The van der Waals surface area contributed by atoms with E-state index in [9.17, 15) is 13.2 Å². The lowest BCUT2D eigenvalue weighted by Crippen LogP contribution is -2.33. The molecule has 0 atom stereocenters. The monoisotopic (exact) mass is 286 g/mol. The van der Waals surface area contributed by atoms with Gasteiger partial charge in [-0.05, 0) is 24.7 Å². The number of carbonyl (C=O) groups excluding carboxylic acids is 1. The third-order valence-electron chi connectivity index (χ3n) is 2.53. The van der Waals surface area contributed by atoms with Crippen molar-refractivity contribution in [3.8, 4) is 5.75 Å². The van der Waals surface area contributed by atoms with Gasteiger partial charge in [-0.25, -0.2) is 13.1 Å². The fourth-order valence-electron chi connectivity index (χ4n) is 1.42. The van der Waals surface area contributed by atoms with Crippen LogP contribution in [-0.2, 0) is 21.2 Å². The second-order valence-electron chi connectivity index (χ2n) is 3.90. The summed E-state index contributed by atoms with van der Waals surface area (Å²) in [6, 6.07) is 7.13. The van der Waals surface area contributed by atoms with Crippen LogP contribution in [0.5, 0.6) is 5.75 Å². The molecule has 106 valence electrons. The lowest BCUT2D eigenvalue weighted by molar-refractivity contribution is -0.120. The molecular formula is C12H18N2O4S. The molecule has 0 saturated carbocycles. The zero-order valence-electron chi connectivity index (χ0n) is 11.0. The lowest BCUT2D eigenvalue weighted by Gasteiger charge is -2.06. The number of rotatable bonds is 7. The Hall–Kier alpha value is -1.60. The van der Waals surface area contributed by atoms with Crippen LogP contribution in [0.3, 0.4) is 0 Å². The molecule has 0 aliphatic rings. The highest BCUT2D eigenvalue weighted by Crippen LogP contribution is 2.11. The summed E-state index contributed by atoms with van der Waals surface area (Å²) in [5.74, 6) is 0.387. The van der Waals surface area contributed by atoms with Gasteiger partial charge >= 0.3 is 0 Å². The SMILES string of the molecule is CNS(=O)(=O)CCNC(=O)Cc1ccc(OC)cc1. The van der Waals surface area contributed by atoms with Crippen LogP contribution >= 0.6 is 0 Å². The number of amides is 1. The average Bonchev–Trinajstić information content (AvgIpc) is 2.39. The van der Waals surface area contributed by atoms with Crippen LogP contribution in [-0.4, -0.2) is 40.8 Å².